The van der Waals surface area contributed by atoms with E-state index in [1.807, 2.05) is 25.2 Å². The molecule has 0 N–H and O–H groups in total. The van der Waals surface area contributed by atoms with E-state index in [0.29, 0.717) is 0 Å². The molecule has 0 bridgehead atoms. The van der Waals surface area contributed by atoms with Crippen molar-refractivity contribution < 1.29 is 0 Å². The van der Waals surface area contributed by atoms with Gasteiger partial charge in [-0.15, -0.1) is 11.3 Å². The standard InChI is InChI=1S/C15H22N2S/c1-15(2,12-16)7-3-4-8-17-9-5-14-13(11-17)6-10-18-14/h6,10H,3-5,7-9,11H2,1-2H3. The van der Waals surface area contributed by atoms with Crippen molar-refractivity contribution in [3.8, 4) is 6.07 Å². The van der Waals surface area contributed by atoms with Crippen molar-refractivity contribution in [1.82, 2.24) is 4.90 Å². The summed E-state index contributed by atoms with van der Waals surface area (Å²) < 4.78 is 0. The van der Waals surface area contributed by atoms with Gasteiger partial charge in [-0.1, -0.05) is 6.42 Å². The number of nitriles is 1. The number of nitrogens with zero attached hydrogens (tertiary/aromatic N) is 2. The van der Waals surface area contributed by atoms with Crippen molar-refractivity contribution in [2.75, 3.05) is 13.1 Å². The van der Waals surface area contributed by atoms with Crippen LogP contribution in [0, 0.1) is 16.7 Å². The van der Waals surface area contributed by atoms with Gasteiger partial charge in [-0.05, 0) is 56.7 Å². The lowest BCUT2D eigenvalue weighted by molar-refractivity contribution is 0.246. The first-order valence-corrected chi connectivity index (χ1v) is 7.67. The third-order valence-electron chi connectivity index (χ3n) is 3.72. The van der Waals surface area contributed by atoms with Crippen LogP contribution < -0.4 is 0 Å². The maximum absolute atomic E-state index is 8.97. The van der Waals surface area contributed by atoms with E-state index in [1.165, 1.54) is 31.5 Å². The van der Waals surface area contributed by atoms with Gasteiger partial charge in [0.25, 0.3) is 0 Å². The third-order valence-corrected chi connectivity index (χ3v) is 4.74. The largest absolute Gasteiger partial charge is 0.299 e. The molecular formula is C15H22N2S. The molecule has 2 rings (SSSR count). The van der Waals surface area contributed by atoms with Crippen LogP contribution in [0.25, 0.3) is 0 Å². The molecule has 0 radical (unpaired) electrons. The Morgan fingerprint density at radius 2 is 2.28 bits per heavy atom. The number of fused-ring (bicyclic) bond motifs is 1. The molecule has 0 saturated heterocycles. The normalized spacial score (nSPS) is 16.3. The van der Waals surface area contributed by atoms with E-state index in [1.54, 1.807) is 4.88 Å². The van der Waals surface area contributed by atoms with E-state index in [-0.39, 0.29) is 5.41 Å². The summed E-state index contributed by atoms with van der Waals surface area (Å²) in [5.41, 5.74) is 1.38. The average molecular weight is 262 g/mol. The van der Waals surface area contributed by atoms with Gasteiger partial charge in [0.1, 0.15) is 0 Å². The second kappa shape index (κ2) is 5.86. The summed E-state index contributed by atoms with van der Waals surface area (Å²) in [6.07, 6.45) is 4.61. The minimum atomic E-state index is -0.150. The Morgan fingerprint density at radius 1 is 1.44 bits per heavy atom. The monoisotopic (exact) mass is 262 g/mol. The van der Waals surface area contributed by atoms with Crippen LogP contribution in [0.5, 0.6) is 0 Å². The topological polar surface area (TPSA) is 27.0 Å². The maximum atomic E-state index is 8.97. The zero-order valence-corrected chi connectivity index (χ0v) is 12.2. The quantitative estimate of drug-likeness (QED) is 0.754. The summed E-state index contributed by atoms with van der Waals surface area (Å²) in [5.74, 6) is 0. The third kappa shape index (κ3) is 3.57. The SMILES string of the molecule is CC(C)(C#N)CCCCN1CCc2sccc2C1. The predicted molar refractivity (Wildman–Crippen MR) is 76.5 cm³/mol. The Bertz CT molecular complexity index is 428. The molecular weight excluding hydrogens is 240 g/mol. The highest BCUT2D eigenvalue weighted by atomic mass is 32.1. The molecule has 0 aromatic carbocycles. The van der Waals surface area contributed by atoms with E-state index < -0.39 is 0 Å². The Kier molecular flexibility index (Phi) is 4.42. The first-order chi connectivity index (χ1) is 8.61. The summed E-state index contributed by atoms with van der Waals surface area (Å²) >= 11 is 1.90. The molecule has 98 valence electrons. The summed E-state index contributed by atoms with van der Waals surface area (Å²) in [6.45, 7) is 7.57. The zero-order chi connectivity index (χ0) is 13.0. The van der Waals surface area contributed by atoms with E-state index in [2.05, 4.69) is 22.4 Å². The van der Waals surface area contributed by atoms with Gasteiger partial charge in [0.05, 0.1) is 11.5 Å². The summed E-state index contributed by atoms with van der Waals surface area (Å²) in [4.78, 5) is 4.13. The van der Waals surface area contributed by atoms with Crippen LogP contribution in [0.1, 0.15) is 43.6 Å². The van der Waals surface area contributed by atoms with Gasteiger partial charge in [0, 0.05) is 18.0 Å². The second-order valence-corrected chi connectivity index (χ2v) is 6.85. The highest BCUT2D eigenvalue weighted by molar-refractivity contribution is 7.10. The van der Waals surface area contributed by atoms with Gasteiger partial charge in [-0.2, -0.15) is 5.26 Å². The molecule has 2 heterocycles. The first-order valence-electron chi connectivity index (χ1n) is 6.79. The molecule has 0 saturated carbocycles. The Balaban J connectivity index is 1.69. The van der Waals surface area contributed by atoms with E-state index in [4.69, 9.17) is 5.26 Å². The highest BCUT2D eigenvalue weighted by Crippen LogP contribution is 2.25. The van der Waals surface area contributed by atoms with Gasteiger partial charge >= 0.3 is 0 Å². The molecule has 18 heavy (non-hydrogen) atoms. The summed E-state index contributed by atoms with van der Waals surface area (Å²) in [7, 11) is 0. The van der Waals surface area contributed by atoms with E-state index in [9.17, 15) is 0 Å². The minimum absolute atomic E-state index is 0.150. The van der Waals surface area contributed by atoms with Crippen molar-refractivity contribution in [2.45, 2.75) is 46.1 Å². The Labute approximate surface area is 114 Å². The molecule has 1 aliphatic heterocycles. The first kappa shape index (κ1) is 13.6. The van der Waals surface area contributed by atoms with Crippen molar-refractivity contribution in [1.29, 1.82) is 5.26 Å². The van der Waals surface area contributed by atoms with Gasteiger partial charge in [-0.25, -0.2) is 0 Å². The van der Waals surface area contributed by atoms with E-state index >= 15 is 0 Å². The summed E-state index contributed by atoms with van der Waals surface area (Å²) in [6, 6.07) is 4.65. The van der Waals surface area contributed by atoms with Crippen LogP contribution in [0.3, 0.4) is 0 Å². The molecule has 0 amide bonds. The highest BCUT2D eigenvalue weighted by Gasteiger charge is 2.18. The summed E-state index contributed by atoms with van der Waals surface area (Å²) in [5, 5.41) is 11.2. The number of thiophene rings is 1. The fraction of sp³-hybridized carbons (Fsp3) is 0.667. The van der Waals surface area contributed by atoms with Crippen LogP contribution in [-0.2, 0) is 13.0 Å². The Morgan fingerprint density at radius 3 is 3.06 bits per heavy atom. The number of unbranched alkanes of at least 4 members (excludes halogenated alkanes) is 1. The van der Waals surface area contributed by atoms with Gasteiger partial charge in [0.15, 0.2) is 0 Å². The van der Waals surface area contributed by atoms with E-state index in [0.717, 1.165) is 19.4 Å². The molecule has 0 spiro atoms. The molecule has 1 aromatic rings. The molecule has 0 atom stereocenters. The van der Waals surface area contributed by atoms with Crippen molar-refractivity contribution in [2.24, 2.45) is 5.41 Å². The average Bonchev–Trinajstić information content (AvgIpc) is 2.82. The van der Waals surface area contributed by atoms with Crippen LogP contribution in [0.15, 0.2) is 11.4 Å². The smallest absolute Gasteiger partial charge is 0.0683 e. The Hall–Kier alpha value is -0.850. The second-order valence-electron chi connectivity index (χ2n) is 5.85. The molecule has 2 nitrogen and oxygen atoms in total. The number of hydrogen-bond acceptors (Lipinski definition) is 3. The minimum Gasteiger partial charge on any atom is -0.299 e. The van der Waals surface area contributed by atoms with Crippen molar-refractivity contribution >= 4 is 11.3 Å². The van der Waals surface area contributed by atoms with Crippen LogP contribution >= 0.6 is 11.3 Å². The van der Waals surface area contributed by atoms with Gasteiger partial charge in [0.2, 0.25) is 0 Å². The lowest BCUT2D eigenvalue weighted by atomic mass is 9.89. The van der Waals surface area contributed by atoms with Gasteiger partial charge in [-0.3, -0.25) is 4.90 Å². The molecule has 1 aromatic heterocycles. The predicted octanol–water partition coefficient (Wildman–Crippen LogP) is 3.83. The molecule has 1 aliphatic rings. The van der Waals surface area contributed by atoms with Crippen LogP contribution in [0.4, 0.5) is 0 Å². The fourth-order valence-electron chi connectivity index (χ4n) is 2.46. The number of rotatable bonds is 5. The van der Waals surface area contributed by atoms with Gasteiger partial charge < -0.3 is 0 Å². The molecule has 3 heteroatoms. The van der Waals surface area contributed by atoms with Crippen molar-refractivity contribution in [3.63, 3.8) is 0 Å². The molecule has 0 aliphatic carbocycles. The van der Waals surface area contributed by atoms with Crippen LogP contribution in [-0.4, -0.2) is 18.0 Å². The molecule has 0 unspecified atom stereocenters. The zero-order valence-electron chi connectivity index (χ0n) is 11.4. The molecule has 0 fully saturated rings. The fourth-order valence-corrected chi connectivity index (χ4v) is 3.35. The van der Waals surface area contributed by atoms with Crippen LogP contribution in [0.2, 0.25) is 0 Å². The van der Waals surface area contributed by atoms with Crippen molar-refractivity contribution in [3.05, 3.63) is 21.9 Å². The maximum Gasteiger partial charge on any atom is 0.0683 e. The number of hydrogen-bond donors (Lipinski definition) is 0. The lowest BCUT2D eigenvalue weighted by Gasteiger charge is -2.27. The lowest BCUT2D eigenvalue weighted by Crippen LogP contribution is -2.30.